The minimum Gasteiger partial charge on any atom is -0.396 e. The standard InChI is InChI=1S/C17H35N3O2S.HI/c1-5-17(4,13-21)12-19-16(18-6-2)20-14-9-8-10-15(11-14)23(22)7-3;/h14-15,21H,5-13H2,1-4H3,(H2,18,19,20);1H. The second-order valence-electron chi connectivity index (χ2n) is 6.82. The van der Waals surface area contributed by atoms with Gasteiger partial charge < -0.3 is 15.7 Å². The number of aliphatic hydroxyl groups excluding tert-OH is 1. The summed E-state index contributed by atoms with van der Waals surface area (Å²) in [7, 11) is -0.707. The Morgan fingerprint density at radius 1 is 1.33 bits per heavy atom. The van der Waals surface area contributed by atoms with Crippen LogP contribution in [0.5, 0.6) is 0 Å². The second-order valence-corrected chi connectivity index (χ2v) is 8.82. The monoisotopic (exact) mass is 473 g/mol. The smallest absolute Gasteiger partial charge is 0.191 e. The van der Waals surface area contributed by atoms with E-state index in [1.165, 1.54) is 0 Å². The van der Waals surface area contributed by atoms with Crippen LogP contribution in [-0.2, 0) is 10.8 Å². The molecule has 4 atom stereocenters. The summed E-state index contributed by atoms with van der Waals surface area (Å²) in [5.74, 6) is 1.56. The zero-order valence-corrected chi connectivity index (χ0v) is 18.8. The number of aliphatic hydroxyl groups is 1. The summed E-state index contributed by atoms with van der Waals surface area (Å²) >= 11 is 0. The number of aliphatic imine (C=N–C) groups is 1. The molecule has 0 aromatic rings. The van der Waals surface area contributed by atoms with Gasteiger partial charge >= 0.3 is 0 Å². The van der Waals surface area contributed by atoms with Gasteiger partial charge in [-0.2, -0.15) is 0 Å². The van der Waals surface area contributed by atoms with Crippen molar-refractivity contribution < 1.29 is 9.32 Å². The molecule has 1 rings (SSSR count). The number of hydrogen-bond donors (Lipinski definition) is 3. The van der Waals surface area contributed by atoms with E-state index >= 15 is 0 Å². The van der Waals surface area contributed by atoms with E-state index in [4.69, 9.17) is 0 Å². The van der Waals surface area contributed by atoms with E-state index in [1.807, 2.05) is 6.92 Å². The van der Waals surface area contributed by atoms with Crippen molar-refractivity contribution in [3.05, 3.63) is 0 Å². The van der Waals surface area contributed by atoms with Crippen molar-refractivity contribution in [3.8, 4) is 0 Å². The molecule has 1 aliphatic rings. The third-order valence-electron chi connectivity index (χ3n) is 4.82. The maximum atomic E-state index is 12.1. The van der Waals surface area contributed by atoms with Crippen LogP contribution in [0.25, 0.3) is 0 Å². The summed E-state index contributed by atoms with van der Waals surface area (Å²) in [5.41, 5.74) is -0.166. The van der Waals surface area contributed by atoms with Gasteiger partial charge in [-0.15, -0.1) is 24.0 Å². The molecule has 0 radical (unpaired) electrons. The Morgan fingerprint density at radius 2 is 2.04 bits per heavy atom. The molecule has 0 aliphatic heterocycles. The number of halogens is 1. The van der Waals surface area contributed by atoms with Crippen molar-refractivity contribution in [3.63, 3.8) is 0 Å². The van der Waals surface area contributed by atoms with Crippen molar-refractivity contribution in [1.29, 1.82) is 0 Å². The van der Waals surface area contributed by atoms with Crippen molar-refractivity contribution in [2.45, 2.75) is 71.1 Å². The summed E-state index contributed by atoms with van der Waals surface area (Å²) < 4.78 is 12.1. The summed E-state index contributed by atoms with van der Waals surface area (Å²) in [6.07, 6.45) is 5.15. The van der Waals surface area contributed by atoms with Crippen LogP contribution in [0.15, 0.2) is 4.99 Å². The van der Waals surface area contributed by atoms with Gasteiger partial charge in [-0.3, -0.25) is 9.20 Å². The Morgan fingerprint density at radius 3 is 2.58 bits per heavy atom. The summed E-state index contributed by atoms with van der Waals surface area (Å²) in [6.45, 7) is 9.75. The normalized spacial score (nSPS) is 25.3. The number of rotatable bonds is 8. The Bertz CT molecular complexity index is 403. The molecule has 4 unspecified atom stereocenters. The first-order valence-electron chi connectivity index (χ1n) is 9.00. The van der Waals surface area contributed by atoms with Crippen LogP contribution in [0.2, 0.25) is 0 Å². The molecule has 0 bridgehead atoms. The summed E-state index contributed by atoms with van der Waals surface area (Å²) in [6, 6.07) is 0.337. The van der Waals surface area contributed by atoms with Crippen LogP contribution >= 0.6 is 24.0 Å². The Kier molecular flexibility index (Phi) is 12.5. The van der Waals surface area contributed by atoms with Gasteiger partial charge in [-0.1, -0.05) is 27.2 Å². The second kappa shape index (κ2) is 12.5. The van der Waals surface area contributed by atoms with E-state index in [-0.39, 0.29) is 36.0 Å². The van der Waals surface area contributed by atoms with E-state index < -0.39 is 10.8 Å². The predicted octanol–water partition coefficient (Wildman–Crippen LogP) is 2.65. The highest BCUT2D eigenvalue weighted by Crippen LogP contribution is 2.23. The Labute approximate surface area is 167 Å². The molecule has 0 heterocycles. The molecule has 7 heteroatoms. The van der Waals surface area contributed by atoms with E-state index in [0.717, 1.165) is 50.4 Å². The number of guanidine groups is 1. The molecule has 0 amide bonds. The molecule has 0 spiro atoms. The van der Waals surface area contributed by atoms with Crippen molar-refractivity contribution in [2.24, 2.45) is 10.4 Å². The van der Waals surface area contributed by atoms with Gasteiger partial charge in [0.25, 0.3) is 0 Å². The van der Waals surface area contributed by atoms with Crippen molar-refractivity contribution in [1.82, 2.24) is 10.6 Å². The summed E-state index contributed by atoms with van der Waals surface area (Å²) in [5, 5.41) is 16.6. The highest BCUT2D eigenvalue weighted by molar-refractivity contribution is 14.0. The quantitative estimate of drug-likeness (QED) is 0.288. The third-order valence-corrected chi connectivity index (χ3v) is 6.56. The van der Waals surface area contributed by atoms with Gasteiger partial charge in [0.15, 0.2) is 5.96 Å². The van der Waals surface area contributed by atoms with E-state index in [1.54, 1.807) is 0 Å². The lowest BCUT2D eigenvalue weighted by Crippen LogP contribution is -2.47. The first kappa shape index (κ1) is 24.1. The van der Waals surface area contributed by atoms with Gasteiger partial charge in [0.05, 0.1) is 13.2 Å². The fourth-order valence-corrected chi connectivity index (χ4v) is 4.16. The molecular formula is C17H36IN3O2S. The zero-order chi connectivity index (χ0) is 17.3. The lowest BCUT2D eigenvalue weighted by molar-refractivity contribution is 0.145. The molecule has 0 aromatic carbocycles. The van der Waals surface area contributed by atoms with E-state index in [9.17, 15) is 9.32 Å². The molecule has 0 aromatic heterocycles. The summed E-state index contributed by atoms with van der Waals surface area (Å²) in [4.78, 5) is 4.67. The lowest BCUT2D eigenvalue weighted by Gasteiger charge is -2.30. The van der Waals surface area contributed by atoms with Crippen LogP contribution in [0, 0.1) is 5.41 Å². The van der Waals surface area contributed by atoms with Gasteiger partial charge in [-0.25, -0.2) is 0 Å². The number of nitrogens with one attached hydrogen (secondary N) is 2. The SMILES string of the molecule is CCNC(=NCC(C)(CC)CO)NC1CCCC(S(=O)CC)C1.I. The molecule has 0 saturated heterocycles. The molecule has 3 N–H and O–H groups in total. The van der Waals surface area contributed by atoms with Crippen LogP contribution in [0.4, 0.5) is 0 Å². The first-order valence-corrected chi connectivity index (χ1v) is 10.4. The Balaban J connectivity index is 0.00000529. The fraction of sp³-hybridized carbons (Fsp3) is 0.941. The van der Waals surface area contributed by atoms with Crippen LogP contribution in [0.3, 0.4) is 0 Å². The van der Waals surface area contributed by atoms with Gasteiger partial charge in [0.2, 0.25) is 0 Å². The highest BCUT2D eigenvalue weighted by atomic mass is 127. The first-order chi connectivity index (χ1) is 11.0. The topological polar surface area (TPSA) is 73.7 Å². The average molecular weight is 473 g/mol. The van der Waals surface area contributed by atoms with E-state index in [0.29, 0.717) is 17.8 Å². The van der Waals surface area contributed by atoms with Gasteiger partial charge in [0, 0.05) is 39.8 Å². The molecule has 5 nitrogen and oxygen atoms in total. The van der Waals surface area contributed by atoms with Gasteiger partial charge in [0.1, 0.15) is 0 Å². The van der Waals surface area contributed by atoms with E-state index in [2.05, 4.69) is 36.4 Å². The Hall–Kier alpha value is 0.110. The maximum Gasteiger partial charge on any atom is 0.191 e. The number of nitrogens with zero attached hydrogens (tertiary/aromatic N) is 1. The van der Waals surface area contributed by atoms with Crippen molar-refractivity contribution in [2.75, 3.05) is 25.4 Å². The van der Waals surface area contributed by atoms with Crippen molar-refractivity contribution >= 4 is 40.7 Å². The minimum absolute atomic E-state index is 0. The third kappa shape index (κ3) is 7.99. The maximum absolute atomic E-state index is 12.1. The van der Waals surface area contributed by atoms with Crippen LogP contribution in [0.1, 0.15) is 59.8 Å². The molecule has 1 aliphatic carbocycles. The minimum atomic E-state index is -0.707. The average Bonchev–Trinajstić information content (AvgIpc) is 2.59. The van der Waals surface area contributed by atoms with Gasteiger partial charge in [-0.05, 0) is 32.6 Å². The fourth-order valence-electron chi connectivity index (χ4n) is 2.81. The zero-order valence-electron chi connectivity index (χ0n) is 15.6. The molecule has 1 saturated carbocycles. The van der Waals surface area contributed by atoms with Crippen LogP contribution < -0.4 is 10.6 Å². The molecule has 144 valence electrons. The predicted molar refractivity (Wildman–Crippen MR) is 115 cm³/mol. The molecule has 24 heavy (non-hydrogen) atoms. The number of hydrogen-bond acceptors (Lipinski definition) is 3. The largest absolute Gasteiger partial charge is 0.396 e. The molecule has 1 fully saturated rings. The highest BCUT2D eigenvalue weighted by Gasteiger charge is 2.26. The van der Waals surface area contributed by atoms with Crippen LogP contribution in [-0.4, -0.2) is 52.0 Å². The lowest BCUT2D eigenvalue weighted by atomic mass is 9.89. The molecular weight excluding hydrogens is 437 g/mol.